The molecule has 1 heterocycles. The van der Waals surface area contributed by atoms with Crippen molar-refractivity contribution in [2.75, 3.05) is 19.4 Å². The summed E-state index contributed by atoms with van der Waals surface area (Å²) in [6, 6.07) is 17.6. The second-order valence-electron chi connectivity index (χ2n) is 6.86. The number of hydrogen-bond donors (Lipinski definition) is 1. The standard InChI is InChI=1S/C23H27N3O3S/c1-28-19-14-12-18(13-15-19)23-25-22(29-26-23)11-7-2-3-8-16-24-21(27)17-30-20-9-5-4-6-10-20/h4-6,9-10,12-15H,2-3,7-8,11,16-17H2,1H3,(H,24,27). The van der Waals surface area contributed by atoms with Crippen LogP contribution < -0.4 is 10.1 Å². The third-order valence-electron chi connectivity index (χ3n) is 4.57. The Balaban J connectivity index is 1.25. The van der Waals surface area contributed by atoms with Gasteiger partial charge < -0.3 is 14.6 Å². The summed E-state index contributed by atoms with van der Waals surface area (Å²) in [5.74, 6) is 2.60. The number of hydrogen-bond acceptors (Lipinski definition) is 6. The molecule has 0 aliphatic rings. The van der Waals surface area contributed by atoms with E-state index < -0.39 is 0 Å². The Morgan fingerprint density at radius 1 is 1.03 bits per heavy atom. The Kier molecular flexibility index (Phi) is 8.78. The first-order valence-corrected chi connectivity index (χ1v) is 11.1. The lowest BCUT2D eigenvalue weighted by Gasteiger charge is -2.05. The van der Waals surface area contributed by atoms with Crippen LogP contribution in [0.2, 0.25) is 0 Å². The number of unbranched alkanes of at least 4 members (excludes halogenated alkanes) is 3. The fourth-order valence-electron chi connectivity index (χ4n) is 2.91. The summed E-state index contributed by atoms with van der Waals surface area (Å²) in [6.45, 7) is 0.719. The zero-order valence-corrected chi connectivity index (χ0v) is 18.0. The second-order valence-corrected chi connectivity index (χ2v) is 7.90. The average Bonchev–Trinajstić information content (AvgIpc) is 3.27. The lowest BCUT2D eigenvalue weighted by Crippen LogP contribution is -2.26. The van der Waals surface area contributed by atoms with Crippen LogP contribution in [0.1, 0.15) is 31.6 Å². The molecule has 158 valence electrons. The molecule has 0 unspecified atom stereocenters. The van der Waals surface area contributed by atoms with E-state index >= 15 is 0 Å². The van der Waals surface area contributed by atoms with Crippen molar-refractivity contribution >= 4 is 17.7 Å². The molecule has 0 radical (unpaired) electrons. The highest BCUT2D eigenvalue weighted by Gasteiger charge is 2.08. The average molecular weight is 426 g/mol. The van der Waals surface area contributed by atoms with Gasteiger partial charge in [0.05, 0.1) is 12.9 Å². The van der Waals surface area contributed by atoms with Crippen LogP contribution in [0.15, 0.2) is 64.0 Å². The van der Waals surface area contributed by atoms with Gasteiger partial charge in [-0.2, -0.15) is 4.98 Å². The normalized spacial score (nSPS) is 10.7. The van der Waals surface area contributed by atoms with E-state index in [1.165, 1.54) is 0 Å². The Morgan fingerprint density at radius 2 is 1.80 bits per heavy atom. The summed E-state index contributed by atoms with van der Waals surface area (Å²) in [5, 5.41) is 7.03. The predicted octanol–water partition coefficient (Wildman–Crippen LogP) is 4.76. The first-order valence-electron chi connectivity index (χ1n) is 10.2. The lowest BCUT2D eigenvalue weighted by atomic mass is 10.1. The SMILES string of the molecule is COc1ccc(-c2noc(CCCCCCNC(=O)CSc3ccccc3)n2)cc1. The highest BCUT2D eigenvalue weighted by molar-refractivity contribution is 8.00. The molecule has 3 aromatic rings. The number of carbonyl (C=O) groups excluding carboxylic acids is 1. The minimum absolute atomic E-state index is 0.0841. The Bertz CT molecular complexity index is 898. The van der Waals surface area contributed by atoms with Crippen LogP contribution in [-0.4, -0.2) is 35.5 Å². The van der Waals surface area contributed by atoms with Crippen LogP contribution >= 0.6 is 11.8 Å². The van der Waals surface area contributed by atoms with Crippen LogP contribution in [0.3, 0.4) is 0 Å². The van der Waals surface area contributed by atoms with E-state index in [0.29, 0.717) is 17.5 Å². The highest BCUT2D eigenvalue weighted by atomic mass is 32.2. The summed E-state index contributed by atoms with van der Waals surface area (Å²) in [4.78, 5) is 17.5. The highest BCUT2D eigenvalue weighted by Crippen LogP contribution is 2.20. The first-order chi connectivity index (χ1) is 14.7. The fourth-order valence-corrected chi connectivity index (χ4v) is 3.66. The van der Waals surface area contributed by atoms with E-state index in [0.717, 1.165) is 54.9 Å². The van der Waals surface area contributed by atoms with Crippen molar-refractivity contribution < 1.29 is 14.1 Å². The molecule has 6 nitrogen and oxygen atoms in total. The zero-order chi connectivity index (χ0) is 21.0. The first kappa shape index (κ1) is 21.9. The van der Waals surface area contributed by atoms with E-state index in [9.17, 15) is 4.79 Å². The zero-order valence-electron chi connectivity index (χ0n) is 17.2. The molecule has 1 amide bonds. The molecule has 3 rings (SSSR count). The Labute approximate surface area is 181 Å². The molecule has 0 aliphatic carbocycles. The van der Waals surface area contributed by atoms with Gasteiger partial charge in [-0.25, -0.2) is 0 Å². The number of nitrogens with one attached hydrogen (secondary N) is 1. The van der Waals surface area contributed by atoms with E-state index in [-0.39, 0.29) is 5.91 Å². The van der Waals surface area contributed by atoms with E-state index in [2.05, 4.69) is 15.5 Å². The van der Waals surface area contributed by atoms with Gasteiger partial charge in [0.2, 0.25) is 17.6 Å². The molecule has 1 N–H and O–H groups in total. The van der Waals surface area contributed by atoms with Crippen LogP contribution in [0.5, 0.6) is 5.75 Å². The molecule has 2 aromatic carbocycles. The largest absolute Gasteiger partial charge is 0.497 e. The van der Waals surface area contributed by atoms with Crippen molar-refractivity contribution in [3.63, 3.8) is 0 Å². The monoisotopic (exact) mass is 425 g/mol. The van der Waals surface area contributed by atoms with Gasteiger partial charge in [-0.3, -0.25) is 4.79 Å². The van der Waals surface area contributed by atoms with Gasteiger partial charge in [0, 0.05) is 23.4 Å². The number of carbonyl (C=O) groups is 1. The molecule has 0 saturated carbocycles. The summed E-state index contributed by atoms with van der Waals surface area (Å²) in [6.07, 6.45) is 4.86. The fraction of sp³-hybridized carbons (Fsp3) is 0.348. The van der Waals surface area contributed by atoms with E-state index in [1.54, 1.807) is 18.9 Å². The van der Waals surface area contributed by atoms with Crippen LogP contribution in [0, 0.1) is 0 Å². The number of aryl methyl sites for hydroxylation is 1. The minimum atomic E-state index is 0.0841. The van der Waals surface area contributed by atoms with Crippen molar-refractivity contribution in [1.29, 1.82) is 0 Å². The topological polar surface area (TPSA) is 77.3 Å². The van der Waals surface area contributed by atoms with Gasteiger partial charge >= 0.3 is 0 Å². The smallest absolute Gasteiger partial charge is 0.230 e. The van der Waals surface area contributed by atoms with Gasteiger partial charge in [0.1, 0.15) is 5.75 Å². The molecule has 7 heteroatoms. The molecular weight excluding hydrogens is 398 g/mol. The van der Waals surface area contributed by atoms with Crippen molar-refractivity contribution in [2.45, 2.75) is 37.0 Å². The number of ether oxygens (including phenoxy) is 1. The number of thioether (sulfide) groups is 1. The molecule has 0 saturated heterocycles. The van der Waals surface area contributed by atoms with E-state index in [1.807, 2.05) is 54.6 Å². The van der Waals surface area contributed by atoms with Crippen LogP contribution in [-0.2, 0) is 11.2 Å². The van der Waals surface area contributed by atoms with Gasteiger partial charge in [0.15, 0.2) is 0 Å². The molecule has 0 fully saturated rings. The lowest BCUT2D eigenvalue weighted by molar-refractivity contribution is -0.118. The number of rotatable bonds is 12. The van der Waals surface area contributed by atoms with Crippen molar-refractivity contribution in [3.05, 3.63) is 60.5 Å². The van der Waals surface area contributed by atoms with Crippen LogP contribution in [0.25, 0.3) is 11.4 Å². The second kappa shape index (κ2) is 12.0. The Morgan fingerprint density at radius 3 is 2.57 bits per heavy atom. The van der Waals surface area contributed by atoms with Gasteiger partial charge in [-0.15, -0.1) is 11.8 Å². The summed E-state index contributed by atoms with van der Waals surface area (Å²) in [7, 11) is 1.64. The third kappa shape index (κ3) is 7.22. The molecule has 0 bridgehead atoms. The molecule has 0 aliphatic heterocycles. The number of benzene rings is 2. The minimum Gasteiger partial charge on any atom is -0.497 e. The molecular formula is C23H27N3O3S. The maximum absolute atomic E-state index is 11.9. The van der Waals surface area contributed by atoms with Crippen LogP contribution in [0.4, 0.5) is 0 Å². The predicted molar refractivity (Wildman–Crippen MR) is 119 cm³/mol. The quantitative estimate of drug-likeness (QED) is 0.333. The summed E-state index contributed by atoms with van der Waals surface area (Å²) in [5.41, 5.74) is 0.909. The van der Waals surface area contributed by atoms with Crippen molar-refractivity contribution in [1.82, 2.24) is 15.5 Å². The van der Waals surface area contributed by atoms with E-state index in [4.69, 9.17) is 9.26 Å². The number of methoxy groups -OCH3 is 1. The number of aromatic nitrogens is 2. The van der Waals surface area contributed by atoms with Gasteiger partial charge in [-0.05, 0) is 49.2 Å². The third-order valence-corrected chi connectivity index (χ3v) is 5.58. The number of nitrogens with zero attached hydrogens (tertiary/aromatic N) is 2. The summed E-state index contributed by atoms with van der Waals surface area (Å²) >= 11 is 1.56. The molecule has 0 atom stereocenters. The number of amides is 1. The van der Waals surface area contributed by atoms with Gasteiger partial charge in [0.25, 0.3) is 0 Å². The van der Waals surface area contributed by atoms with Crippen molar-refractivity contribution in [3.8, 4) is 17.1 Å². The van der Waals surface area contributed by atoms with Gasteiger partial charge in [-0.1, -0.05) is 36.2 Å². The van der Waals surface area contributed by atoms with Crippen molar-refractivity contribution in [2.24, 2.45) is 0 Å². The maximum Gasteiger partial charge on any atom is 0.230 e. The summed E-state index contributed by atoms with van der Waals surface area (Å²) < 4.78 is 10.5. The molecule has 1 aromatic heterocycles. The molecule has 0 spiro atoms. The Hall–Kier alpha value is -2.80. The maximum atomic E-state index is 11.9. The molecule has 30 heavy (non-hydrogen) atoms.